The highest BCUT2D eigenvalue weighted by atomic mass is 35.5. The normalized spacial score (nSPS) is 12.0. The molecule has 0 fully saturated rings. The van der Waals surface area contributed by atoms with Crippen LogP contribution >= 0.6 is 11.6 Å². The van der Waals surface area contributed by atoms with Crippen molar-refractivity contribution >= 4 is 23.6 Å². The van der Waals surface area contributed by atoms with E-state index in [4.69, 9.17) is 11.6 Å². The Hall–Kier alpha value is -1.82. The Morgan fingerprint density at radius 3 is 2.55 bits per heavy atom. The minimum atomic E-state index is -0.701. The molecule has 0 aromatic heterocycles. The minimum absolute atomic E-state index is 0.0132. The summed E-state index contributed by atoms with van der Waals surface area (Å²) in [5.74, 6) is -1.12. The summed E-state index contributed by atoms with van der Waals surface area (Å²) in [5, 5.41) is 2.68. The third-order valence-corrected chi connectivity index (χ3v) is 3.64. The zero-order chi connectivity index (χ0) is 16.9. The molecule has 1 N–H and O–H groups in total. The summed E-state index contributed by atoms with van der Waals surface area (Å²) < 4.78 is 18.2. The van der Waals surface area contributed by atoms with Gasteiger partial charge in [-0.05, 0) is 31.5 Å². The van der Waals surface area contributed by atoms with Crippen molar-refractivity contribution in [2.24, 2.45) is 0 Å². The van der Waals surface area contributed by atoms with E-state index in [1.165, 1.54) is 24.1 Å². The highest BCUT2D eigenvalue weighted by Gasteiger charge is 2.22. The Morgan fingerprint density at radius 2 is 2.05 bits per heavy atom. The summed E-state index contributed by atoms with van der Waals surface area (Å²) in [6, 6.07) is 3.07. The van der Waals surface area contributed by atoms with Gasteiger partial charge in [-0.25, -0.2) is 9.18 Å². The highest BCUT2D eigenvalue weighted by molar-refractivity contribution is 6.30. The zero-order valence-electron chi connectivity index (χ0n) is 13.0. The second kappa shape index (κ2) is 7.98. The summed E-state index contributed by atoms with van der Waals surface area (Å²) in [6.07, 6.45) is -0.102. The molecule has 0 spiro atoms. The smallest absolute Gasteiger partial charge is 0.317 e. The van der Waals surface area contributed by atoms with Crippen molar-refractivity contribution in [3.8, 4) is 0 Å². The average molecular weight is 331 g/mol. The molecule has 1 atom stereocenters. The molecule has 0 saturated heterocycles. The van der Waals surface area contributed by atoms with Crippen LogP contribution in [0.5, 0.6) is 0 Å². The van der Waals surface area contributed by atoms with Crippen molar-refractivity contribution < 1.29 is 18.7 Å². The van der Waals surface area contributed by atoms with Gasteiger partial charge in [0.15, 0.2) is 0 Å². The maximum atomic E-state index is 13.6. The summed E-state index contributed by atoms with van der Waals surface area (Å²) in [7, 11) is 2.89. The lowest BCUT2D eigenvalue weighted by Crippen LogP contribution is -2.43. The Labute approximate surface area is 134 Å². The highest BCUT2D eigenvalue weighted by Crippen LogP contribution is 2.23. The predicted molar refractivity (Wildman–Crippen MR) is 82.2 cm³/mol. The monoisotopic (exact) mass is 330 g/mol. The molecule has 1 rings (SSSR count). The molecule has 122 valence electrons. The van der Waals surface area contributed by atoms with Crippen LogP contribution in [-0.2, 0) is 9.53 Å². The summed E-state index contributed by atoms with van der Waals surface area (Å²) >= 11 is 5.65. The molecule has 0 saturated carbocycles. The van der Waals surface area contributed by atoms with Crippen LogP contribution in [0.4, 0.5) is 9.18 Å². The molecule has 0 heterocycles. The number of carbonyl (C=O) groups excluding carboxylic acids is 2. The van der Waals surface area contributed by atoms with Crippen LogP contribution in [0, 0.1) is 5.82 Å². The fourth-order valence-corrected chi connectivity index (χ4v) is 1.83. The maximum absolute atomic E-state index is 13.6. The van der Waals surface area contributed by atoms with E-state index >= 15 is 0 Å². The number of halogens is 2. The van der Waals surface area contributed by atoms with Crippen molar-refractivity contribution in [1.29, 1.82) is 0 Å². The first-order valence-corrected chi connectivity index (χ1v) is 7.19. The summed E-state index contributed by atoms with van der Waals surface area (Å²) in [5.41, 5.74) is 0.442. The van der Waals surface area contributed by atoms with Gasteiger partial charge in [-0.3, -0.25) is 4.79 Å². The molecule has 1 aromatic rings. The van der Waals surface area contributed by atoms with E-state index in [9.17, 15) is 14.0 Å². The molecule has 0 aliphatic carbocycles. The number of carbonyl (C=O) groups is 2. The number of hydrogen-bond acceptors (Lipinski definition) is 3. The van der Waals surface area contributed by atoms with Crippen LogP contribution in [0.3, 0.4) is 0 Å². The molecule has 2 amide bonds. The number of benzene rings is 1. The lowest BCUT2D eigenvalue weighted by molar-refractivity contribution is -0.141. The van der Waals surface area contributed by atoms with Crippen LogP contribution in [0.15, 0.2) is 18.2 Å². The molecule has 5 nitrogen and oxygen atoms in total. The van der Waals surface area contributed by atoms with Crippen LogP contribution in [0.2, 0.25) is 5.02 Å². The van der Waals surface area contributed by atoms with Crippen molar-refractivity contribution in [2.45, 2.75) is 32.4 Å². The lowest BCUT2D eigenvalue weighted by Gasteiger charge is -2.26. The quantitative estimate of drug-likeness (QED) is 0.844. The number of urea groups is 1. The van der Waals surface area contributed by atoms with Crippen LogP contribution in [0.25, 0.3) is 0 Å². The third-order valence-electron chi connectivity index (χ3n) is 3.34. The first kappa shape index (κ1) is 18.2. The molecule has 0 unspecified atom stereocenters. The van der Waals surface area contributed by atoms with Gasteiger partial charge < -0.3 is 15.0 Å². The molecule has 22 heavy (non-hydrogen) atoms. The van der Waals surface area contributed by atoms with Gasteiger partial charge in [-0.15, -0.1) is 0 Å². The number of methoxy groups -OCH3 is 1. The third kappa shape index (κ3) is 4.87. The fraction of sp³-hybridized carbons (Fsp3) is 0.467. The number of nitrogens with one attached hydrogen (secondary N) is 1. The standard InChI is InChI=1S/C15H20ClFN2O3/c1-9(2)19(3)15(21)18-13(8-14(20)22-4)10-5-6-11(16)12(17)7-10/h5-7,9,13H,8H2,1-4H3,(H,18,21)/t13-/m1/s1. The van der Waals surface area contributed by atoms with E-state index in [0.29, 0.717) is 5.56 Å². The van der Waals surface area contributed by atoms with E-state index in [0.717, 1.165) is 0 Å². The largest absolute Gasteiger partial charge is 0.469 e. The van der Waals surface area contributed by atoms with Crippen molar-refractivity contribution in [2.75, 3.05) is 14.2 Å². The molecular formula is C15H20ClFN2O3. The van der Waals surface area contributed by atoms with Gasteiger partial charge in [0.1, 0.15) is 5.82 Å². The second-order valence-corrected chi connectivity index (χ2v) is 5.57. The van der Waals surface area contributed by atoms with Gasteiger partial charge in [-0.1, -0.05) is 17.7 Å². The molecular weight excluding hydrogens is 311 g/mol. The number of nitrogens with zero attached hydrogens (tertiary/aromatic N) is 1. The average Bonchev–Trinajstić information content (AvgIpc) is 2.48. The molecule has 1 aromatic carbocycles. The lowest BCUT2D eigenvalue weighted by atomic mass is 10.0. The van der Waals surface area contributed by atoms with Gasteiger partial charge in [0.25, 0.3) is 0 Å². The van der Waals surface area contributed by atoms with Gasteiger partial charge in [-0.2, -0.15) is 0 Å². The van der Waals surface area contributed by atoms with Crippen LogP contribution in [-0.4, -0.2) is 37.1 Å². The van der Waals surface area contributed by atoms with Crippen molar-refractivity contribution in [3.63, 3.8) is 0 Å². The zero-order valence-corrected chi connectivity index (χ0v) is 13.8. The minimum Gasteiger partial charge on any atom is -0.469 e. The molecule has 0 aliphatic heterocycles. The molecule has 7 heteroatoms. The van der Waals surface area contributed by atoms with E-state index in [1.54, 1.807) is 13.1 Å². The first-order chi connectivity index (χ1) is 10.3. The number of ether oxygens (including phenoxy) is 1. The summed E-state index contributed by atoms with van der Waals surface area (Å²) in [6.45, 7) is 3.72. The maximum Gasteiger partial charge on any atom is 0.317 e. The van der Waals surface area contributed by atoms with Gasteiger partial charge in [0, 0.05) is 13.1 Å². The van der Waals surface area contributed by atoms with Crippen molar-refractivity contribution in [1.82, 2.24) is 10.2 Å². The van der Waals surface area contributed by atoms with Gasteiger partial charge in [0.2, 0.25) is 0 Å². The molecule has 0 aliphatic rings. The van der Waals surface area contributed by atoms with Crippen LogP contribution in [0.1, 0.15) is 31.9 Å². The second-order valence-electron chi connectivity index (χ2n) is 5.16. The number of rotatable bonds is 5. The van der Waals surface area contributed by atoms with E-state index in [1.807, 2.05) is 13.8 Å². The number of esters is 1. The van der Waals surface area contributed by atoms with Gasteiger partial charge >= 0.3 is 12.0 Å². The number of amides is 2. The Balaban J connectivity index is 2.99. The first-order valence-electron chi connectivity index (χ1n) is 6.81. The SMILES string of the molecule is COC(=O)C[C@@H](NC(=O)N(C)C(C)C)c1ccc(Cl)c(F)c1. The summed E-state index contributed by atoms with van der Waals surface area (Å²) in [4.78, 5) is 25.1. The van der Waals surface area contributed by atoms with E-state index in [2.05, 4.69) is 10.1 Å². The Morgan fingerprint density at radius 1 is 1.41 bits per heavy atom. The Kier molecular flexibility index (Phi) is 6.61. The van der Waals surface area contributed by atoms with Crippen LogP contribution < -0.4 is 5.32 Å². The number of hydrogen-bond donors (Lipinski definition) is 1. The fourth-order valence-electron chi connectivity index (χ4n) is 1.72. The van der Waals surface area contributed by atoms with E-state index in [-0.39, 0.29) is 23.5 Å². The Bertz CT molecular complexity index is 552. The topological polar surface area (TPSA) is 58.6 Å². The predicted octanol–water partition coefficient (Wildman–Crippen LogP) is 3.13. The molecule has 0 radical (unpaired) electrons. The van der Waals surface area contributed by atoms with E-state index < -0.39 is 17.8 Å². The van der Waals surface area contributed by atoms with Crippen molar-refractivity contribution in [3.05, 3.63) is 34.6 Å². The van der Waals surface area contributed by atoms with Gasteiger partial charge in [0.05, 0.1) is 24.6 Å². The molecule has 0 bridgehead atoms.